The average molecular weight is 510 g/mol. The number of nitrogens with zero attached hydrogens (tertiary/aromatic N) is 1. The molecule has 0 aromatic heterocycles. The lowest BCUT2D eigenvalue weighted by Gasteiger charge is -2.27. The molecule has 0 spiro atoms. The third-order valence-corrected chi connectivity index (χ3v) is 9.12. The molecule has 0 fully saturated rings. The van der Waals surface area contributed by atoms with Gasteiger partial charge in [0.2, 0.25) is 0 Å². The molecule has 0 saturated heterocycles. The molecule has 0 bridgehead atoms. The first-order chi connectivity index (χ1) is 19.8. The maximum absolute atomic E-state index is 2.46. The second-order valence-corrected chi connectivity index (χ2v) is 11.4. The lowest BCUT2D eigenvalue weighted by Crippen LogP contribution is -2.11. The second kappa shape index (κ2) is 8.31. The Morgan fingerprint density at radius 2 is 0.600 bits per heavy atom. The van der Waals surface area contributed by atoms with E-state index in [2.05, 4.69) is 132 Å². The summed E-state index contributed by atoms with van der Waals surface area (Å²) in [5.41, 5.74) is 20.3. The van der Waals surface area contributed by atoms with E-state index in [-0.39, 0.29) is 0 Å². The number of rotatable bonds is 3. The zero-order valence-corrected chi connectivity index (χ0v) is 22.2. The molecular weight excluding hydrogens is 482 g/mol. The van der Waals surface area contributed by atoms with Crippen molar-refractivity contribution in [1.82, 2.24) is 0 Å². The summed E-state index contributed by atoms with van der Waals surface area (Å²) in [6.07, 6.45) is 3.03. The Balaban J connectivity index is 1.24. The van der Waals surface area contributed by atoms with Gasteiger partial charge < -0.3 is 4.90 Å². The van der Waals surface area contributed by atoms with Gasteiger partial charge in [0.1, 0.15) is 0 Å². The molecule has 1 heteroatoms. The monoisotopic (exact) mass is 509 g/mol. The minimum absolute atomic E-state index is 1.01. The number of hydrogen-bond acceptors (Lipinski definition) is 1. The van der Waals surface area contributed by atoms with E-state index in [0.717, 1.165) is 19.3 Å². The van der Waals surface area contributed by atoms with Crippen molar-refractivity contribution in [1.29, 1.82) is 0 Å². The Morgan fingerprint density at radius 1 is 0.300 bits per heavy atom. The second-order valence-electron chi connectivity index (χ2n) is 11.4. The van der Waals surface area contributed by atoms with Crippen LogP contribution >= 0.6 is 0 Å². The van der Waals surface area contributed by atoms with Crippen molar-refractivity contribution in [2.45, 2.75) is 19.3 Å². The zero-order valence-electron chi connectivity index (χ0n) is 22.2. The molecule has 0 N–H and O–H groups in total. The SMILES string of the molecule is c1ccc2c(c1)Cc1ccc(N(c3ccc4c(c3)-c3ccccc3C4)c3ccc4c(c3)-c3ccccc3C4)cc1-2. The van der Waals surface area contributed by atoms with E-state index in [4.69, 9.17) is 0 Å². The number of anilines is 3. The van der Waals surface area contributed by atoms with Gasteiger partial charge in [-0.2, -0.15) is 0 Å². The maximum atomic E-state index is 2.46. The van der Waals surface area contributed by atoms with Gasteiger partial charge >= 0.3 is 0 Å². The summed E-state index contributed by atoms with van der Waals surface area (Å²) in [6, 6.07) is 47.7. The molecule has 3 aliphatic rings. The summed E-state index contributed by atoms with van der Waals surface area (Å²) in [5, 5.41) is 0. The van der Waals surface area contributed by atoms with E-state index < -0.39 is 0 Å². The smallest absolute Gasteiger partial charge is 0.0468 e. The van der Waals surface area contributed by atoms with Crippen LogP contribution in [0.25, 0.3) is 33.4 Å². The van der Waals surface area contributed by atoms with Gasteiger partial charge in [-0.25, -0.2) is 0 Å². The van der Waals surface area contributed by atoms with Gasteiger partial charge in [-0.3, -0.25) is 0 Å². The molecule has 6 aromatic rings. The lowest BCUT2D eigenvalue weighted by atomic mass is 10.0. The van der Waals surface area contributed by atoms with Gasteiger partial charge in [-0.15, -0.1) is 0 Å². The topological polar surface area (TPSA) is 3.24 Å². The first kappa shape index (κ1) is 22.0. The Labute approximate surface area is 235 Å². The molecule has 1 nitrogen and oxygen atoms in total. The van der Waals surface area contributed by atoms with Gasteiger partial charge in [0, 0.05) is 17.1 Å². The van der Waals surface area contributed by atoms with Crippen molar-refractivity contribution >= 4 is 17.1 Å². The predicted octanol–water partition coefficient (Wildman–Crippen LogP) is 9.87. The van der Waals surface area contributed by atoms with Crippen molar-refractivity contribution in [3.05, 3.63) is 161 Å². The number of fused-ring (bicyclic) bond motifs is 9. The van der Waals surface area contributed by atoms with Crippen molar-refractivity contribution in [3.63, 3.8) is 0 Å². The van der Waals surface area contributed by atoms with Crippen LogP contribution < -0.4 is 4.90 Å². The molecule has 0 amide bonds. The van der Waals surface area contributed by atoms with Crippen LogP contribution in [0.2, 0.25) is 0 Å². The van der Waals surface area contributed by atoms with Gasteiger partial charge in [0.05, 0.1) is 0 Å². The van der Waals surface area contributed by atoms with Gasteiger partial charge in [0.25, 0.3) is 0 Å². The third kappa shape index (κ3) is 3.21. The molecule has 3 aliphatic carbocycles. The highest BCUT2D eigenvalue weighted by Crippen LogP contribution is 2.47. The highest BCUT2D eigenvalue weighted by molar-refractivity contribution is 5.89. The highest BCUT2D eigenvalue weighted by Gasteiger charge is 2.25. The van der Waals surface area contributed by atoms with E-state index >= 15 is 0 Å². The summed E-state index contributed by atoms with van der Waals surface area (Å²) in [4.78, 5) is 2.46. The molecule has 0 saturated carbocycles. The van der Waals surface area contributed by atoms with Crippen LogP contribution in [0.3, 0.4) is 0 Å². The standard InChI is InChI=1S/C39H27N/c1-4-10-34-25(7-1)19-28-13-16-31(22-37(28)34)40(32-17-14-29-20-26-8-2-5-11-35(26)38(29)23-32)33-18-15-30-21-27-9-3-6-12-36(27)39(30)24-33/h1-18,22-24H,19-21H2. The lowest BCUT2D eigenvalue weighted by molar-refractivity contribution is 1.23. The largest absolute Gasteiger partial charge is 0.310 e. The van der Waals surface area contributed by atoms with Crippen LogP contribution in [-0.4, -0.2) is 0 Å². The molecule has 0 unspecified atom stereocenters. The molecule has 188 valence electrons. The minimum Gasteiger partial charge on any atom is -0.310 e. The fraction of sp³-hybridized carbons (Fsp3) is 0.0769. The molecular formula is C39H27N. The summed E-state index contributed by atoms with van der Waals surface area (Å²) < 4.78 is 0. The predicted molar refractivity (Wildman–Crippen MR) is 166 cm³/mol. The summed E-state index contributed by atoms with van der Waals surface area (Å²) in [7, 11) is 0. The van der Waals surface area contributed by atoms with Crippen LogP contribution in [0.5, 0.6) is 0 Å². The molecule has 0 heterocycles. The Hall–Kier alpha value is -4.88. The van der Waals surface area contributed by atoms with Crippen molar-refractivity contribution < 1.29 is 0 Å². The van der Waals surface area contributed by atoms with Crippen molar-refractivity contribution in [2.75, 3.05) is 4.90 Å². The van der Waals surface area contributed by atoms with Crippen molar-refractivity contribution in [3.8, 4) is 33.4 Å². The first-order valence-electron chi connectivity index (χ1n) is 14.2. The fourth-order valence-corrected chi connectivity index (χ4v) is 7.20. The Bertz CT molecular complexity index is 1760. The van der Waals surface area contributed by atoms with Gasteiger partial charge in [-0.05, 0) is 122 Å². The Kier molecular flexibility index (Phi) is 4.57. The molecule has 9 rings (SSSR count). The Morgan fingerprint density at radius 3 is 0.950 bits per heavy atom. The van der Waals surface area contributed by atoms with Crippen LogP contribution in [-0.2, 0) is 19.3 Å². The highest BCUT2D eigenvalue weighted by atomic mass is 15.1. The zero-order chi connectivity index (χ0) is 26.2. The maximum Gasteiger partial charge on any atom is 0.0468 e. The van der Waals surface area contributed by atoms with Crippen LogP contribution in [0.4, 0.5) is 17.1 Å². The van der Waals surface area contributed by atoms with E-state index in [1.54, 1.807) is 0 Å². The van der Waals surface area contributed by atoms with E-state index in [9.17, 15) is 0 Å². The molecule has 6 aromatic carbocycles. The minimum atomic E-state index is 1.01. The first-order valence-corrected chi connectivity index (χ1v) is 14.2. The van der Waals surface area contributed by atoms with E-state index in [1.165, 1.54) is 83.8 Å². The fourth-order valence-electron chi connectivity index (χ4n) is 7.20. The van der Waals surface area contributed by atoms with Crippen LogP contribution in [0.15, 0.2) is 127 Å². The van der Waals surface area contributed by atoms with E-state index in [1.807, 2.05) is 0 Å². The number of hydrogen-bond donors (Lipinski definition) is 0. The number of benzene rings is 6. The van der Waals surface area contributed by atoms with Gasteiger partial charge in [0.15, 0.2) is 0 Å². The normalized spacial score (nSPS) is 13.2. The summed E-state index contributed by atoms with van der Waals surface area (Å²) >= 11 is 0. The molecule has 40 heavy (non-hydrogen) atoms. The third-order valence-electron chi connectivity index (χ3n) is 9.12. The van der Waals surface area contributed by atoms with Crippen molar-refractivity contribution in [2.24, 2.45) is 0 Å². The molecule has 0 aliphatic heterocycles. The quantitative estimate of drug-likeness (QED) is 0.229. The molecule has 0 atom stereocenters. The summed E-state index contributed by atoms with van der Waals surface area (Å²) in [5.74, 6) is 0. The average Bonchev–Trinajstić information content (AvgIpc) is 3.68. The van der Waals surface area contributed by atoms with E-state index in [0.29, 0.717) is 0 Å². The summed E-state index contributed by atoms with van der Waals surface area (Å²) in [6.45, 7) is 0. The van der Waals surface area contributed by atoms with Crippen LogP contribution in [0.1, 0.15) is 33.4 Å². The van der Waals surface area contributed by atoms with Gasteiger partial charge in [-0.1, -0.05) is 91.0 Å². The molecule has 0 radical (unpaired) electrons. The van der Waals surface area contributed by atoms with Crippen LogP contribution in [0, 0.1) is 0 Å².